The van der Waals surface area contributed by atoms with Crippen molar-refractivity contribution in [1.29, 1.82) is 0 Å². The predicted octanol–water partition coefficient (Wildman–Crippen LogP) is 4.27. The van der Waals surface area contributed by atoms with E-state index in [0.29, 0.717) is 0 Å². The van der Waals surface area contributed by atoms with Gasteiger partial charge in [0.05, 0.1) is 5.52 Å². The predicted molar refractivity (Wildman–Crippen MR) is 72.1 cm³/mol. The Morgan fingerprint density at radius 3 is 2.53 bits per heavy atom. The largest absolute Gasteiger partial charge is 0.354 e. The second-order valence-corrected chi connectivity index (χ2v) is 4.30. The molecule has 0 amide bonds. The normalized spacial score (nSPS) is 11.5. The van der Waals surface area contributed by atoms with Gasteiger partial charge in [-0.15, -0.1) is 0 Å². The molecule has 1 aromatic heterocycles. The number of rotatable bonds is 0. The molecule has 0 aliphatic carbocycles. The van der Waals surface area contributed by atoms with Crippen molar-refractivity contribution in [3.63, 3.8) is 0 Å². The van der Waals surface area contributed by atoms with E-state index in [2.05, 4.69) is 59.6 Å². The highest BCUT2D eigenvalue weighted by Crippen LogP contribution is 2.31. The van der Waals surface area contributed by atoms with Crippen LogP contribution in [0.2, 0.25) is 0 Å². The molecule has 0 saturated heterocycles. The third-order valence-electron chi connectivity index (χ3n) is 3.31. The number of aromatic amines is 1. The van der Waals surface area contributed by atoms with Crippen molar-refractivity contribution in [2.75, 3.05) is 0 Å². The van der Waals surface area contributed by atoms with Gasteiger partial charge in [0.25, 0.3) is 0 Å². The van der Waals surface area contributed by atoms with Crippen LogP contribution in [0.4, 0.5) is 0 Å². The van der Waals surface area contributed by atoms with Crippen LogP contribution in [0.1, 0.15) is 0 Å². The fourth-order valence-electron chi connectivity index (χ4n) is 2.53. The zero-order valence-corrected chi connectivity index (χ0v) is 9.20. The number of hydrogen-bond donors (Lipinski definition) is 1. The smallest absolute Gasteiger partial charge is 0.0551 e. The summed E-state index contributed by atoms with van der Waals surface area (Å²) in [5.41, 5.74) is 2.26. The van der Waals surface area contributed by atoms with Gasteiger partial charge < -0.3 is 4.98 Å². The maximum atomic E-state index is 3.41. The highest BCUT2D eigenvalue weighted by atomic mass is 14.7. The summed E-state index contributed by atoms with van der Waals surface area (Å²) in [5.74, 6) is 0. The molecule has 4 rings (SSSR count). The summed E-state index contributed by atoms with van der Waals surface area (Å²) in [6.07, 6.45) is 0. The van der Waals surface area contributed by atoms with Gasteiger partial charge in [0.15, 0.2) is 0 Å². The average Bonchev–Trinajstić information content (AvgIpc) is 2.77. The molecule has 1 N–H and O–H groups in total. The minimum Gasteiger partial charge on any atom is -0.354 e. The number of hydrogen-bond acceptors (Lipinski definition) is 0. The maximum absolute atomic E-state index is 3.41. The molecule has 1 heterocycles. The summed E-state index contributed by atoms with van der Waals surface area (Å²) in [6.45, 7) is 0. The van der Waals surface area contributed by atoms with Crippen LogP contribution < -0.4 is 0 Å². The number of nitrogens with one attached hydrogen (secondary N) is 1. The lowest BCUT2D eigenvalue weighted by Crippen LogP contribution is -1.74. The second kappa shape index (κ2) is 3.11. The Morgan fingerprint density at radius 1 is 0.824 bits per heavy atom. The number of fused-ring (bicyclic) bond motifs is 5. The number of H-pyrrole nitrogens is 1. The van der Waals surface area contributed by atoms with Crippen molar-refractivity contribution in [1.82, 2.24) is 4.98 Å². The van der Waals surface area contributed by atoms with Crippen LogP contribution in [0.5, 0.6) is 0 Å². The van der Waals surface area contributed by atoms with Crippen molar-refractivity contribution in [3.05, 3.63) is 60.7 Å². The van der Waals surface area contributed by atoms with Crippen LogP contribution >= 0.6 is 0 Å². The Balaban J connectivity index is 2.38. The van der Waals surface area contributed by atoms with Crippen LogP contribution in [0.15, 0.2) is 54.6 Å². The molecule has 0 unspecified atom stereocenters. The van der Waals surface area contributed by atoms with Gasteiger partial charge in [-0.2, -0.15) is 0 Å². The van der Waals surface area contributed by atoms with E-state index in [-0.39, 0.29) is 0 Å². The van der Waals surface area contributed by atoms with Gasteiger partial charge in [-0.05, 0) is 22.9 Å². The van der Waals surface area contributed by atoms with Crippen molar-refractivity contribution in [2.45, 2.75) is 0 Å². The molecule has 1 radical (unpaired) electrons. The maximum Gasteiger partial charge on any atom is 0.0551 e. The van der Waals surface area contributed by atoms with E-state index >= 15 is 0 Å². The van der Waals surface area contributed by atoms with Gasteiger partial charge in [0, 0.05) is 22.4 Å². The molecule has 0 spiro atoms. The molecule has 0 atom stereocenters. The molecule has 79 valence electrons. The Kier molecular flexibility index (Phi) is 1.61. The molecule has 0 saturated carbocycles. The van der Waals surface area contributed by atoms with E-state index < -0.39 is 0 Å². The zero-order valence-electron chi connectivity index (χ0n) is 9.20. The third-order valence-corrected chi connectivity index (χ3v) is 3.31. The summed E-state index contributed by atoms with van der Waals surface area (Å²) in [5, 5.41) is 5.08. The van der Waals surface area contributed by atoms with Gasteiger partial charge in [0.1, 0.15) is 0 Å². The van der Waals surface area contributed by atoms with Gasteiger partial charge >= 0.3 is 0 Å². The van der Waals surface area contributed by atoms with E-state index in [0.717, 1.165) is 5.52 Å². The second-order valence-electron chi connectivity index (χ2n) is 4.30. The van der Waals surface area contributed by atoms with Crippen molar-refractivity contribution < 1.29 is 0 Å². The van der Waals surface area contributed by atoms with E-state index in [9.17, 15) is 0 Å². The van der Waals surface area contributed by atoms with Crippen molar-refractivity contribution >= 4 is 32.6 Å². The molecule has 1 heteroatoms. The molecule has 0 bridgehead atoms. The van der Waals surface area contributed by atoms with Crippen LogP contribution in [-0.4, -0.2) is 4.98 Å². The molecule has 0 fully saturated rings. The summed E-state index contributed by atoms with van der Waals surface area (Å²) < 4.78 is 0. The molecule has 0 aliphatic rings. The van der Waals surface area contributed by atoms with Crippen LogP contribution in [0.3, 0.4) is 0 Å². The lowest BCUT2D eigenvalue weighted by Gasteiger charge is -1.99. The van der Waals surface area contributed by atoms with Crippen molar-refractivity contribution in [3.8, 4) is 0 Å². The first-order valence-electron chi connectivity index (χ1n) is 5.73. The summed E-state index contributed by atoms with van der Waals surface area (Å²) in [7, 11) is 0. The Bertz CT molecular complexity index is 834. The van der Waals surface area contributed by atoms with E-state index in [4.69, 9.17) is 0 Å². The van der Waals surface area contributed by atoms with E-state index in [1.807, 2.05) is 6.07 Å². The lowest BCUT2D eigenvalue weighted by molar-refractivity contribution is 1.55. The van der Waals surface area contributed by atoms with E-state index in [1.165, 1.54) is 27.1 Å². The van der Waals surface area contributed by atoms with Crippen LogP contribution in [0, 0.1) is 6.07 Å². The standard InChI is InChI=1S/C16H10N/c1-2-6-12-11(5-1)9-10-15-16(12)13-7-3-4-8-14(13)17-15/h1-9,17H. The first-order chi connectivity index (χ1) is 8.43. The highest BCUT2D eigenvalue weighted by molar-refractivity contribution is 6.19. The third kappa shape index (κ3) is 1.14. The van der Waals surface area contributed by atoms with Gasteiger partial charge in [-0.1, -0.05) is 42.5 Å². The van der Waals surface area contributed by atoms with Crippen LogP contribution in [0.25, 0.3) is 32.6 Å². The summed E-state index contributed by atoms with van der Waals surface area (Å²) in [6, 6.07) is 22.2. The van der Waals surface area contributed by atoms with Crippen LogP contribution in [-0.2, 0) is 0 Å². The van der Waals surface area contributed by atoms with Crippen molar-refractivity contribution in [2.24, 2.45) is 0 Å². The SMILES string of the molecule is [c]1cc2ccccc2c2c1[nH]c1ccccc12. The lowest BCUT2D eigenvalue weighted by atomic mass is 10.0. The minimum atomic E-state index is 1.09. The molecule has 3 aromatic carbocycles. The quantitative estimate of drug-likeness (QED) is 0.451. The number of benzene rings is 3. The fourth-order valence-corrected chi connectivity index (χ4v) is 2.53. The molecular weight excluding hydrogens is 206 g/mol. The molecular formula is C16H10N. The monoisotopic (exact) mass is 216 g/mol. The summed E-state index contributed by atoms with van der Waals surface area (Å²) in [4.78, 5) is 3.41. The Hall–Kier alpha value is -2.28. The molecule has 0 aliphatic heterocycles. The Morgan fingerprint density at radius 2 is 1.59 bits per heavy atom. The number of aromatic nitrogens is 1. The first kappa shape index (κ1) is 8.82. The Labute approximate surface area is 98.7 Å². The van der Waals surface area contributed by atoms with Gasteiger partial charge in [0.2, 0.25) is 0 Å². The van der Waals surface area contributed by atoms with Gasteiger partial charge in [-0.25, -0.2) is 0 Å². The van der Waals surface area contributed by atoms with Gasteiger partial charge in [-0.3, -0.25) is 0 Å². The minimum absolute atomic E-state index is 1.09. The van der Waals surface area contributed by atoms with E-state index in [1.54, 1.807) is 0 Å². The fraction of sp³-hybridized carbons (Fsp3) is 0. The molecule has 17 heavy (non-hydrogen) atoms. The first-order valence-corrected chi connectivity index (χ1v) is 5.73. The number of para-hydroxylation sites is 1. The highest BCUT2D eigenvalue weighted by Gasteiger charge is 2.06. The summed E-state index contributed by atoms with van der Waals surface area (Å²) >= 11 is 0. The zero-order chi connectivity index (χ0) is 11.2. The molecule has 1 nitrogen and oxygen atoms in total. The molecule has 4 aromatic rings. The topological polar surface area (TPSA) is 15.8 Å². The average molecular weight is 216 g/mol.